The second-order valence-electron chi connectivity index (χ2n) is 9.14. The van der Waals surface area contributed by atoms with E-state index < -0.39 is 24.3 Å². The molecule has 0 radical (unpaired) electrons. The third-order valence-corrected chi connectivity index (χ3v) is 6.25. The van der Waals surface area contributed by atoms with Crippen LogP contribution in [-0.4, -0.2) is 104 Å². The van der Waals surface area contributed by atoms with E-state index in [4.69, 9.17) is 34.0 Å². The summed E-state index contributed by atoms with van der Waals surface area (Å²) in [5, 5.41) is 14.2. The summed E-state index contributed by atoms with van der Waals surface area (Å²) in [4.78, 5) is 22.9. The predicted molar refractivity (Wildman–Crippen MR) is 127 cm³/mol. The maximum atomic E-state index is 10.6. The van der Waals surface area contributed by atoms with Gasteiger partial charge in [-0.05, 0) is 57.0 Å². The number of piperidine rings is 1. The van der Waals surface area contributed by atoms with Crippen molar-refractivity contribution in [2.24, 2.45) is 5.92 Å². The van der Waals surface area contributed by atoms with Crippen LogP contribution in [0.4, 0.5) is 26.3 Å². The summed E-state index contributed by atoms with van der Waals surface area (Å²) < 4.78 is 79.9. The summed E-state index contributed by atoms with van der Waals surface area (Å²) in [5.74, 6) is -3.09. The highest BCUT2D eigenvalue weighted by molar-refractivity contribution is 5.73. The number of ether oxygens (including phenoxy) is 3. The Kier molecular flexibility index (Phi) is 12.8. The van der Waals surface area contributed by atoms with Crippen molar-refractivity contribution in [1.29, 1.82) is 0 Å². The normalized spacial score (nSPS) is 19.1. The van der Waals surface area contributed by atoms with Gasteiger partial charge in [-0.3, -0.25) is 9.80 Å². The lowest BCUT2D eigenvalue weighted by atomic mass is 9.75. The van der Waals surface area contributed by atoms with Crippen LogP contribution in [0, 0.1) is 5.92 Å². The number of carboxylic acids is 2. The minimum atomic E-state index is -5.08. The van der Waals surface area contributed by atoms with E-state index in [9.17, 15) is 26.3 Å². The van der Waals surface area contributed by atoms with Gasteiger partial charge in [-0.25, -0.2) is 9.59 Å². The van der Waals surface area contributed by atoms with Crippen LogP contribution in [-0.2, 0) is 20.9 Å². The number of alkyl halides is 6. The van der Waals surface area contributed by atoms with Crippen molar-refractivity contribution in [3.63, 3.8) is 0 Å². The Hall–Kier alpha value is -2.78. The molecule has 1 aromatic rings. The van der Waals surface area contributed by atoms with Gasteiger partial charge in [0.15, 0.2) is 0 Å². The molecule has 0 aromatic heterocycles. The van der Waals surface area contributed by atoms with E-state index in [1.54, 1.807) is 14.2 Å². The van der Waals surface area contributed by atoms with Crippen molar-refractivity contribution in [3.8, 4) is 11.5 Å². The summed E-state index contributed by atoms with van der Waals surface area (Å²) in [6, 6.07) is 6.14. The van der Waals surface area contributed by atoms with E-state index in [0.29, 0.717) is 11.5 Å². The molecule has 15 heteroatoms. The molecule has 3 rings (SSSR count). The topological polar surface area (TPSA) is 109 Å². The number of nitrogens with zero attached hydrogens (tertiary/aromatic N) is 2. The van der Waals surface area contributed by atoms with Gasteiger partial charge in [0, 0.05) is 44.5 Å². The number of methoxy groups -OCH3 is 2. The first kappa shape index (κ1) is 34.2. The highest BCUT2D eigenvalue weighted by Crippen LogP contribution is 2.39. The Morgan fingerprint density at radius 1 is 0.974 bits per heavy atom. The summed E-state index contributed by atoms with van der Waals surface area (Å²) in [6.07, 6.45) is -7.66. The van der Waals surface area contributed by atoms with E-state index in [1.165, 1.54) is 24.9 Å². The van der Waals surface area contributed by atoms with Gasteiger partial charge in [0.25, 0.3) is 0 Å². The highest BCUT2D eigenvalue weighted by atomic mass is 19.4. The van der Waals surface area contributed by atoms with Gasteiger partial charge in [0.1, 0.15) is 11.5 Å². The molecule has 39 heavy (non-hydrogen) atoms. The monoisotopic (exact) mass is 576 g/mol. The fourth-order valence-corrected chi connectivity index (χ4v) is 4.32. The molecule has 0 saturated carbocycles. The fraction of sp³-hybridized carbons (Fsp3) is 0.667. The largest absolute Gasteiger partial charge is 0.497 e. The van der Waals surface area contributed by atoms with Crippen LogP contribution < -0.4 is 9.47 Å². The first-order chi connectivity index (χ1) is 18.0. The SMILES string of the molecule is CCOCC1CCN(C)C2(C1)CN(Cc1cc(OC)cc(OC)c1)C2.O=C(O)C(F)(F)F.O=C(O)C(F)(F)F. The minimum absolute atomic E-state index is 0.336. The molecule has 1 atom stereocenters. The molecule has 2 aliphatic rings. The number of likely N-dealkylation sites (tertiary alicyclic amines) is 2. The molecule has 2 fully saturated rings. The number of halogens is 6. The molecule has 2 heterocycles. The molecule has 1 aromatic carbocycles. The second kappa shape index (κ2) is 14.6. The lowest BCUT2D eigenvalue weighted by Gasteiger charge is -2.58. The molecule has 9 nitrogen and oxygen atoms in total. The quantitative estimate of drug-likeness (QED) is 0.467. The average Bonchev–Trinajstić information content (AvgIpc) is 2.82. The van der Waals surface area contributed by atoms with E-state index in [-0.39, 0.29) is 0 Å². The Bertz CT molecular complexity index is 888. The van der Waals surface area contributed by atoms with Crippen LogP contribution in [0.25, 0.3) is 0 Å². The van der Waals surface area contributed by atoms with Crippen LogP contribution in [0.1, 0.15) is 25.3 Å². The Labute approximate surface area is 222 Å². The average molecular weight is 577 g/mol. The number of hydrogen-bond acceptors (Lipinski definition) is 7. The number of carbonyl (C=O) groups is 2. The lowest BCUT2D eigenvalue weighted by Crippen LogP contribution is -2.71. The molecule has 2 aliphatic heterocycles. The van der Waals surface area contributed by atoms with Crippen LogP contribution in [0.2, 0.25) is 0 Å². The van der Waals surface area contributed by atoms with Gasteiger partial charge in [-0.15, -0.1) is 0 Å². The number of benzene rings is 1. The molecule has 0 aliphatic carbocycles. The molecule has 224 valence electrons. The zero-order chi connectivity index (χ0) is 30.0. The number of carboxylic acid groups (broad SMARTS) is 2. The fourth-order valence-electron chi connectivity index (χ4n) is 4.32. The van der Waals surface area contributed by atoms with Gasteiger partial charge in [-0.1, -0.05) is 0 Å². The van der Waals surface area contributed by atoms with E-state index >= 15 is 0 Å². The summed E-state index contributed by atoms with van der Waals surface area (Å²) in [6.45, 7) is 8.20. The van der Waals surface area contributed by atoms with Crippen molar-refractivity contribution < 1.29 is 60.4 Å². The van der Waals surface area contributed by atoms with E-state index in [1.807, 2.05) is 6.07 Å². The Morgan fingerprint density at radius 2 is 1.44 bits per heavy atom. The Balaban J connectivity index is 0.000000449. The van der Waals surface area contributed by atoms with Crippen LogP contribution in [0.15, 0.2) is 18.2 Å². The molecule has 0 bridgehead atoms. The smallest absolute Gasteiger partial charge is 0.490 e. The number of aliphatic carboxylic acids is 2. The Morgan fingerprint density at radius 3 is 1.82 bits per heavy atom. The second-order valence-corrected chi connectivity index (χ2v) is 9.14. The predicted octanol–water partition coefficient (Wildman–Crippen LogP) is 3.90. The standard InChI is InChI=1S/C20H32N2O3.2C2HF3O2/c1-5-25-13-16-6-7-21(2)20(11-16)14-22(15-20)12-17-8-18(23-3)10-19(9-17)24-4;2*3-2(4,5)1(6)7/h8-10,16H,5-7,11-15H2,1-4H3;2*(H,6,7). The molecule has 1 unspecified atom stereocenters. The summed E-state index contributed by atoms with van der Waals surface area (Å²) in [7, 11) is 5.68. The van der Waals surface area contributed by atoms with Gasteiger partial charge < -0.3 is 24.4 Å². The van der Waals surface area contributed by atoms with Crippen molar-refractivity contribution in [1.82, 2.24) is 9.80 Å². The molecule has 2 saturated heterocycles. The minimum Gasteiger partial charge on any atom is -0.497 e. The van der Waals surface area contributed by atoms with Gasteiger partial charge >= 0.3 is 24.3 Å². The number of likely N-dealkylation sites (N-methyl/N-ethyl adjacent to an activating group) is 1. The molecule has 2 N–H and O–H groups in total. The van der Waals surface area contributed by atoms with Crippen LogP contribution >= 0.6 is 0 Å². The molecule has 0 amide bonds. The highest BCUT2D eigenvalue weighted by Gasteiger charge is 2.49. The maximum Gasteiger partial charge on any atom is 0.490 e. The molecule has 1 spiro atoms. The number of rotatable bonds is 7. The van der Waals surface area contributed by atoms with Crippen molar-refractivity contribution in [2.75, 3.05) is 54.1 Å². The van der Waals surface area contributed by atoms with E-state index in [0.717, 1.165) is 44.3 Å². The van der Waals surface area contributed by atoms with Crippen LogP contribution in [0.3, 0.4) is 0 Å². The van der Waals surface area contributed by atoms with E-state index in [2.05, 4.69) is 35.9 Å². The molecular weight excluding hydrogens is 542 g/mol. The number of hydrogen-bond donors (Lipinski definition) is 2. The maximum absolute atomic E-state index is 10.6. The van der Waals surface area contributed by atoms with Crippen molar-refractivity contribution in [3.05, 3.63) is 23.8 Å². The first-order valence-corrected chi connectivity index (χ1v) is 11.8. The third-order valence-electron chi connectivity index (χ3n) is 6.25. The summed E-state index contributed by atoms with van der Waals surface area (Å²) >= 11 is 0. The zero-order valence-electron chi connectivity index (χ0n) is 22.1. The lowest BCUT2D eigenvalue weighted by molar-refractivity contribution is -0.193. The third kappa shape index (κ3) is 11.1. The first-order valence-electron chi connectivity index (χ1n) is 11.8. The summed E-state index contributed by atoms with van der Waals surface area (Å²) in [5.41, 5.74) is 1.58. The van der Waals surface area contributed by atoms with Gasteiger partial charge in [0.2, 0.25) is 0 Å². The molecular formula is C24H34F6N2O7. The van der Waals surface area contributed by atoms with Crippen molar-refractivity contribution >= 4 is 11.9 Å². The zero-order valence-corrected chi connectivity index (χ0v) is 22.1. The van der Waals surface area contributed by atoms with Crippen molar-refractivity contribution in [2.45, 2.75) is 44.2 Å². The van der Waals surface area contributed by atoms with Gasteiger partial charge in [-0.2, -0.15) is 26.3 Å². The van der Waals surface area contributed by atoms with Crippen LogP contribution in [0.5, 0.6) is 11.5 Å². The van der Waals surface area contributed by atoms with Gasteiger partial charge in [0.05, 0.1) is 14.2 Å².